The van der Waals surface area contributed by atoms with Crippen molar-refractivity contribution in [2.75, 3.05) is 19.3 Å². The Morgan fingerprint density at radius 1 is 1.58 bits per heavy atom. The first-order valence-electron chi connectivity index (χ1n) is 4.59. The first kappa shape index (κ1) is 9.90. The van der Waals surface area contributed by atoms with E-state index in [2.05, 4.69) is 18.1 Å². The molecule has 0 amide bonds. The SMILES string of the molecule is CSC(C)CN1CCCCC1=N. The molecule has 0 spiro atoms. The highest BCUT2D eigenvalue weighted by Gasteiger charge is 2.16. The molecule has 1 fully saturated rings. The van der Waals surface area contributed by atoms with Gasteiger partial charge in [0.1, 0.15) is 0 Å². The van der Waals surface area contributed by atoms with Gasteiger partial charge in [0.25, 0.3) is 0 Å². The zero-order valence-electron chi connectivity index (χ0n) is 7.97. The van der Waals surface area contributed by atoms with Crippen LogP contribution in [0.3, 0.4) is 0 Å². The van der Waals surface area contributed by atoms with Gasteiger partial charge in [-0.15, -0.1) is 0 Å². The molecule has 1 aliphatic heterocycles. The Morgan fingerprint density at radius 2 is 2.33 bits per heavy atom. The standard InChI is InChI=1S/C9H18N2S/c1-8(12-2)7-11-6-4-3-5-9(11)10/h8,10H,3-7H2,1-2H3. The maximum absolute atomic E-state index is 7.73. The van der Waals surface area contributed by atoms with Gasteiger partial charge in [0.15, 0.2) is 0 Å². The summed E-state index contributed by atoms with van der Waals surface area (Å²) in [4.78, 5) is 2.23. The van der Waals surface area contributed by atoms with Crippen molar-refractivity contribution in [2.45, 2.75) is 31.4 Å². The van der Waals surface area contributed by atoms with Crippen molar-refractivity contribution in [3.8, 4) is 0 Å². The summed E-state index contributed by atoms with van der Waals surface area (Å²) < 4.78 is 0. The molecule has 0 aromatic carbocycles. The Bertz CT molecular complexity index is 159. The van der Waals surface area contributed by atoms with Crippen molar-refractivity contribution >= 4 is 17.6 Å². The molecule has 0 aromatic rings. The average molecular weight is 186 g/mol. The quantitative estimate of drug-likeness (QED) is 0.731. The summed E-state index contributed by atoms with van der Waals surface area (Å²) >= 11 is 1.88. The Kier molecular flexibility index (Phi) is 3.92. The number of hydrogen-bond acceptors (Lipinski definition) is 2. The number of hydrogen-bond donors (Lipinski definition) is 1. The normalized spacial score (nSPS) is 21.2. The molecule has 1 saturated heterocycles. The number of amidine groups is 1. The van der Waals surface area contributed by atoms with E-state index in [1.807, 2.05) is 11.8 Å². The van der Waals surface area contributed by atoms with E-state index in [4.69, 9.17) is 5.41 Å². The van der Waals surface area contributed by atoms with Gasteiger partial charge in [-0.1, -0.05) is 6.92 Å². The lowest BCUT2D eigenvalue weighted by molar-refractivity contribution is 0.371. The first-order chi connectivity index (χ1) is 5.74. The molecule has 1 N–H and O–H groups in total. The number of likely N-dealkylation sites (tertiary alicyclic amines) is 1. The van der Waals surface area contributed by atoms with E-state index in [1.54, 1.807) is 0 Å². The zero-order valence-corrected chi connectivity index (χ0v) is 8.78. The lowest BCUT2D eigenvalue weighted by Crippen LogP contribution is -2.38. The fourth-order valence-corrected chi connectivity index (χ4v) is 1.80. The third-order valence-corrected chi connectivity index (χ3v) is 3.31. The van der Waals surface area contributed by atoms with Crippen LogP contribution >= 0.6 is 11.8 Å². The molecule has 0 saturated carbocycles. The predicted octanol–water partition coefficient (Wildman–Crippen LogP) is 2.20. The van der Waals surface area contributed by atoms with Crippen LogP contribution in [0.25, 0.3) is 0 Å². The van der Waals surface area contributed by atoms with Gasteiger partial charge in [0.2, 0.25) is 0 Å². The van der Waals surface area contributed by atoms with Crippen molar-refractivity contribution in [2.24, 2.45) is 0 Å². The van der Waals surface area contributed by atoms with Gasteiger partial charge in [0.05, 0.1) is 5.84 Å². The fourth-order valence-electron chi connectivity index (χ4n) is 1.47. The Morgan fingerprint density at radius 3 is 2.92 bits per heavy atom. The molecule has 0 bridgehead atoms. The van der Waals surface area contributed by atoms with Crippen molar-refractivity contribution < 1.29 is 0 Å². The monoisotopic (exact) mass is 186 g/mol. The summed E-state index contributed by atoms with van der Waals surface area (Å²) in [7, 11) is 0. The van der Waals surface area contributed by atoms with Crippen LogP contribution in [0.2, 0.25) is 0 Å². The summed E-state index contributed by atoms with van der Waals surface area (Å²) in [5, 5.41) is 8.39. The zero-order chi connectivity index (χ0) is 8.97. The molecule has 0 aromatic heterocycles. The van der Waals surface area contributed by atoms with Gasteiger partial charge >= 0.3 is 0 Å². The molecule has 0 radical (unpaired) electrons. The topological polar surface area (TPSA) is 27.1 Å². The maximum Gasteiger partial charge on any atom is 0.0958 e. The smallest absolute Gasteiger partial charge is 0.0958 e. The van der Waals surface area contributed by atoms with Crippen LogP contribution in [0.15, 0.2) is 0 Å². The van der Waals surface area contributed by atoms with Gasteiger partial charge in [0, 0.05) is 24.8 Å². The highest BCUT2D eigenvalue weighted by atomic mass is 32.2. The predicted molar refractivity (Wildman–Crippen MR) is 56.1 cm³/mol. The van der Waals surface area contributed by atoms with Crippen molar-refractivity contribution in [1.29, 1.82) is 5.41 Å². The number of rotatable bonds is 3. The molecular formula is C9H18N2S. The second kappa shape index (κ2) is 4.75. The Hall–Kier alpha value is -0.180. The Balaban J connectivity index is 2.34. The molecule has 1 aliphatic rings. The third-order valence-electron chi connectivity index (χ3n) is 2.35. The van der Waals surface area contributed by atoms with Crippen LogP contribution in [0.4, 0.5) is 0 Å². The van der Waals surface area contributed by atoms with Gasteiger partial charge in [-0.2, -0.15) is 11.8 Å². The number of thioether (sulfide) groups is 1. The summed E-state index contributed by atoms with van der Waals surface area (Å²) in [6, 6.07) is 0. The van der Waals surface area contributed by atoms with E-state index in [-0.39, 0.29) is 0 Å². The van der Waals surface area contributed by atoms with Crippen LogP contribution in [0.5, 0.6) is 0 Å². The van der Waals surface area contributed by atoms with E-state index in [0.717, 1.165) is 25.3 Å². The molecule has 1 heterocycles. The summed E-state index contributed by atoms with van der Waals surface area (Å²) in [6.07, 6.45) is 5.60. The van der Waals surface area contributed by atoms with Crippen molar-refractivity contribution in [3.05, 3.63) is 0 Å². The molecule has 3 heteroatoms. The maximum atomic E-state index is 7.73. The third kappa shape index (κ3) is 2.70. The van der Waals surface area contributed by atoms with E-state index >= 15 is 0 Å². The molecular weight excluding hydrogens is 168 g/mol. The molecule has 12 heavy (non-hydrogen) atoms. The number of nitrogens with one attached hydrogen (secondary N) is 1. The van der Waals surface area contributed by atoms with Crippen LogP contribution < -0.4 is 0 Å². The minimum absolute atomic E-state index is 0.656. The minimum atomic E-state index is 0.656. The summed E-state index contributed by atoms with van der Waals surface area (Å²) in [6.45, 7) is 4.39. The molecule has 70 valence electrons. The molecule has 1 atom stereocenters. The summed E-state index contributed by atoms with van der Waals surface area (Å²) in [5.41, 5.74) is 0. The Labute approximate surface area is 79.2 Å². The fraction of sp³-hybridized carbons (Fsp3) is 0.889. The van der Waals surface area contributed by atoms with Gasteiger partial charge in [-0.25, -0.2) is 0 Å². The van der Waals surface area contributed by atoms with Gasteiger partial charge < -0.3 is 4.90 Å². The minimum Gasteiger partial charge on any atom is -0.359 e. The van der Waals surface area contributed by atoms with Crippen LogP contribution in [0.1, 0.15) is 26.2 Å². The lowest BCUT2D eigenvalue weighted by Gasteiger charge is -2.31. The molecule has 2 nitrogen and oxygen atoms in total. The van der Waals surface area contributed by atoms with E-state index in [9.17, 15) is 0 Å². The van der Waals surface area contributed by atoms with Crippen LogP contribution in [-0.4, -0.2) is 35.3 Å². The van der Waals surface area contributed by atoms with E-state index in [1.165, 1.54) is 12.8 Å². The van der Waals surface area contributed by atoms with E-state index < -0.39 is 0 Å². The largest absolute Gasteiger partial charge is 0.359 e. The van der Waals surface area contributed by atoms with E-state index in [0.29, 0.717) is 5.25 Å². The second-order valence-corrected chi connectivity index (χ2v) is 4.67. The average Bonchev–Trinajstić information content (AvgIpc) is 2.09. The van der Waals surface area contributed by atoms with Crippen molar-refractivity contribution in [1.82, 2.24) is 4.90 Å². The lowest BCUT2D eigenvalue weighted by atomic mass is 10.1. The highest BCUT2D eigenvalue weighted by Crippen LogP contribution is 2.14. The van der Waals surface area contributed by atoms with Crippen LogP contribution in [-0.2, 0) is 0 Å². The molecule has 1 rings (SSSR count). The number of piperidine rings is 1. The van der Waals surface area contributed by atoms with Gasteiger partial charge in [-0.3, -0.25) is 5.41 Å². The van der Waals surface area contributed by atoms with Crippen LogP contribution in [0, 0.1) is 5.41 Å². The number of nitrogens with zero attached hydrogens (tertiary/aromatic N) is 1. The first-order valence-corrected chi connectivity index (χ1v) is 5.88. The molecule has 1 unspecified atom stereocenters. The van der Waals surface area contributed by atoms with Gasteiger partial charge in [-0.05, 0) is 19.1 Å². The summed E-state index contributed by atoms with van der Waals surface area (Å²) in [5.74, 6) is 0.849. The molecule has 0 aliphatic carbocycles. The highest BCUT2D eigenvalue weighted by molar-refractivity contribution is 7.99. The second-order valence-electron chi connectivity index (χ2n) is 3.40. The van der Waals surface area contributed by atoms with Crippen molar-refractivity contribution in [3.63, 3.8) is 0 Å².